The fourth-order valence-corrected chi connectivity index (χ4v) is 3.85. The van der Waals surface area contributed by atoms with Gasteiger partial charge in [0.2, 0.25) is 4.75 Å². The normalized spacial score (nSPS) is 20.6. The molecule has 8 nitrogen and oxygen atoms in total. The highest BCUT2D eigenvalue weighted by atomic mass is 32.2. The lowest BCUT2D eigenvalue weighted by Crippen LogP contribution is -2.67. The minimum absolute atomic E-state index is 0.380. The lowest BCUT2D eigenvalue weighted by Gasteiger charge is -2.44. The molecule has 0 radical (unpaired) electrons. The lowest BCUT2D eigenvalue weighted by molar-refractivity contribution is -0.219. The van der Waals surface area contributed by atoms with Crippen LogP contribution in [0.5, 0.6) is 0 Å². The third-order valence-corrected chi connectivity index (χ3v) is 6.51. The summed E-state index contributed by atoms with van der Waals surface area (Å²) in [4.78, 5) is 0. The van der Waals surface area contributed by atoms with Crippen molar-refractivity contribution in [1.29, 1.82) is 0 Å². The highest BCUT2D eigenvalue weighted by Gasteiger charge is 2.72. The van der Waals surface area contributed by atoms with Crippen molar-refractivity contribution in [3.63, 3.8) is 0 Å². The van der Waals surface area contributed by atoms with Gasteiger partial charge < -0.3 is 10.2 Å². The Morgan fingerprint density at radius 1 is 0.960 bits per heavy atom. The van der Waals surface area contributed by atoms with Gasteiger partial charge in [0.05, 0.1) is 5.60 Å². The molecule has 0 aliphatic heterocycles. The molecule has 0 saturated heterocycles. The molecule has 25 heavy (non-hydrogen) atoms. The second-order valence-corrected chi connectivity index (χ2v) is 8.63. The molecule has 0 aromatic rings. The Morgan fingerprint density at radius 2 is 1.36 bits per heavy atom. The van der Waals surface area contributed by atoms with Crippen molar-refractivity contribution in [3.8, 4) is 0 Å². The van der Waals surface area contributed by atoms with E-state index in [1.807, 2.05) is 0 Å². The first kappa shape index (κ1) is 24.3. The van der Waals surface area contributed by atoms with Crippen molar-refractivity contribution < 1.29 is 62.5 Å². The van der Waals surface area contributed by atoms with Gasteiger partial charge in [-0.2, -0.15) is 43.2 Å². The van der Waals surface area contributed by atoms with Crippen molar-refractivity contribution in [2.45, 2.75) is 47.7 Å². The van der Waals surface area contributed by atoms with Crippen molar-refractivity contribution in [3.05, 3.63) is 0 Å². The van der Waals surface area contributed by atoms with Crippen molar-refractivity contribution in [1.82, 2.24) is 0 Å². The van der Waals surface area contributed by atoms with E-state index in [4.69, 9.17) is 14.2 Å². The summed E-state index contributed by atoms with van der Waals surface area (Å²) in [7, 11) is -12.5. The predicted octanol–water partition coefficient (Wildman–Crippen LogP) is 0.518. The van der Waals surface area contributed by atoms with E-state index in [0.29, 0.717) is 0 Å². The first-order chi connectivity index (χ1) is 10.6. The zero-order valence-corrected chi connectivity index (χ0v) is 13.8. The van der Waals surface area contributed by atoms with Crippen LogP contribution in [0, 0.1) is 0 Å². The Bertz CT molecular complexity index is 684. The van der Waals surface area contributed by atoms with E-state index in [1.54, 1.807) is 0 Å². The molecule has 16 heteroatoms. The summed E-state index contributed by atoms with van der Waals surface area (Å²) in [6.07, 6.45) is -16.2. The molecular formula is C9H14F6O8S2. The molecule has 0 spiro atoms. The topological polar surface area (TPSA) is 149 Å². The summed E-state index contributed by atoms with van der Waals surface area (Å²) in [5.41, 5.74) is -4.16. The summed E-state index contributed by atoms with van der Waals surface area (Å²) in [6, 6.07) is 0. The molecule has 0 amide bonds. The average Bonchev–Trinajstić information content (AvgIpc) is 2.29. The number of aliphatic hydroxyl groups is 2. The van der Waals surface area contributed by atoms with Gasteiger partial charge in [0, 0.05) is 19.4 Å². The van der Waals surface area contributed by atoms with Gasteiger partial charge in [0.1, 0.15) is 0 Å². The van der Waals surface area contributed by atoms with E-state index < -0.39 is 67.6 Å². The zero-order valence-electron chi connectivity index (χ0n) is 12.2. The molecule has 0 aliphatic carbocycles. The van der Waals surface area contributed by atoms with Crippen LogP contribution in [-0.2, 0) is 20.2 Å². The molecule has 3 unspecified atom stereocenters. The van der Waals surface area contributed by atoms with Gasteiger partial charge >= 0.3 is 12.4 Å². The van der Waals surface area contributed by atoms with Crippen molar-refractivity contribution in [2.24, 2.45) is 0 Å². The monoisotopic (exact) mass is 428 g/mol. The summed E-state index contributed by atoms with van der Waals surface area (Å²) >= 11 is 0. The zero-order chi connectivity index (χ0) is 20.7. The van der Waals surface area contributed by atoms with Crippen LogP contribution in [0.3, 0.4) is 0 Å². The van der Waals surface area contributed by atoms with Gasteiger partial charge in [-0.3, -0.25) is 9.11 Å². The van der Waals surface area contributed by atoms with Gasteiger partial charge in [-0.25, -0.2) is 0 Å². The Balaban J connectivity index is 6.67. The Kier molecular flexibility index (Phi) is 6.62. The number of aliphatic hydroxyl groups excluding tert-OH is 1. The van der Waals surface area contributed by atoms with Crippen LogP contribution in [0.1, 0.15) is 19.8 Å². The van der Waals surface area contributed by atoms with Gasteiger partial charge in [0.15, 0.2) is 5.25 Å². The second-order valence-electron chi connectivity index (χ2n) is 5.26. The third-order valence-electron chi connectivity index (χ3n) is 3.72. The number of alkyl halides is 6. The van der Waals surface area contributed by atoms with Gasteiger partial charge in [0.25, 0.3) is 20.2 Å². The van der Waals surface area contributed by atoms with Crippen LogP contribution in [-0.4, -0.2) is 70.7 Å². The molecule has 0 aliphatic rings. The van der Waals surface area contributed by atoms with E-state index >= 15 is 0 Å². The smallest absolute Gasteiger partial charge is 0.396 e. The first-order valence-corrected chi connectivity index (χ1v) is 8.99. The number of halogens is 6. The van der Waals surface area contributed by atoms with Gasteiger partial charge in [-0.15, -0.1) is 0 Å². The third kappa shape index (κ3) is 4.73. The van der Waals surface area contributed by atoms with Crippen LogP contribution < -0.4 is 0 Å². The highest BCUT2D eigenvalue weighted by molar-refractivity contribution is 7.87. The van der Waals surface area contributed by atoms with Crippen LogP contribution in [0.4, 0.5) is 26.3 Å². The van der Waals surface area contributed by atoms with Crippen LogP contribution in [0.2, 0.25) is 0 Å². The fraction of sp³-hybridized carbons (Fsp3) is 1.00. The maximum absolute atomic E-state index is 13.2. The predicted molar refractivity (Wildman–Crippen MR) is 68.7 cm³/mol. The van der Waals surface area contributed by atoms with E-state index in [2.05, 4.69) is 0 Å². The molecule has 0 fully saturated rings. The molecule has 0 saturated carbocycles. The van der Waals surface area contributed by atoms with Crippen LogP contribution in [0.25, 0.3) is 0 Å². The Morgan fingerprint density at radius 3 is 1.56 bits per heavy atom. The summed E-state index contributed by atoms with van der Waals surface area (Å²) in [6.45, 7) is -1.89. The molecular weight excluding hydrogens is 414 g/mol. The van der Waals surface area contributed by atoms with E-state index in [9.17, 15) is 48.3 Å². The summed E-state index contributed by atoms with van der Waals surface area (Å²) in [5, 5.41) is 14.7. The minimum atomic E-state index is -6.37. The van der Waals surface area contributed by atoms with Crippen molar-refractivity contribution >= 4 is 20.2 Å². The highest BCUT2D eigenvalue weighted by Crippen LogP contribution is 2.49. The van der Waals surface area contributed by atoms with Crippen LogP contribution >= 0.6 is 0 Å². The molecule has 0 rings (SSSR count). The summed E-state index contributed by atoms with van der Waals surface area (Å²) in [5.74, 6) is 0. The fourth-order valence-electron chi connectivity index (χ4n) is 2.07. The van der Waals surface area contributed by atoms with E-state index in [0.717, 1.165) is 0 Å². The lowest BCUT2D eigenvalue weighted by atomic mass is 9.80. The first-order valence-electron chi connectivity index (χ1n) is 6.05. The molecule has 0 heterocycles. The molecule has 0 bridgehead atoms. The Labute approximate surface area is 137 Å². The second kappa shape index (κ2) is 6.80. The van der Waals surface area contributed by atoms with Gasteiger partial charge in [-0.05, 0) is 6.92 Å². The summed E-state index contributed by atoms with van der Waals surface area (Å²) < 4.78 is 135. The van der Waals surface area contributed by atoms with Gasteiger partial charge in [-0.1, -0.05) is 0 Å². The molecule has 0 aromatic carbocycles. The molecule has 4 N–H and O–H groups in total. The average molecular weight is 428 g/mol. The molecule has 152 valence electrons. The molecule has 3 atom stereocenters. The maximum Gasteiger partial charge on any atom is 0.413 e. The standard InChI is InChI=1S/C9H14F6O8S2/c1-6(9(13,14)15,25(21,22)23)7(17,2-3-16)4-5(8(10,11)12)24(18,19)20/h5,16-17H,2-4H2,1H3,(H,18,19,20)(H,21,22,23). The quantitative estimate of drug-likeness (QED) is 0.339. The number of hydrogen-bond donors (Lipinski definition) is 4. The minimum Gasteiger partial charge on any atom is -0.396 e. The SMILES string of the molecule is CC(C(F)(F)F)(C(O)(CCO)CC(C(F)(F)F)S(=O)(=O)O)S(=O)(=O)O. The Hall–Kier alpha value is -0.680. The number of hydrogen-bond acceptors (Lipinski definition) is 6. The molecule has 0 aromatic heterocycles. The maximum atomic E-state index is 13.2. The van der Waals surface area contributed by atoms with E-state index in [1.165, 1.54) is 0 Å². The van der Waals surface area contributed by atoms with Crippen LogP contribution in [0.15, 0.2) is 0 Å². The largest absolute Gasteiger partial charge is 0.413 e. The van der Waals surface area contributed by atoms with Crippen molar-refractivity contribution in [2.75, 3.05) is 6.61 Å². The van der Waals surface area contributed by atoms with E-state index in [-0.39, 0.29) is 6.92 Å². The number of rotatable bonds is 7.